The number of hydrazone groups is 1. The number of carbonyl (C=O) groups is 1. The van der Waals surface area contributed by atoms with Crippen LogP contribution in [0.25, 0.3) is 20.7 Å². The molecular weight excluding hydrogens is 428 g/mol. The fourth-order valence-electron chi connectivity index (χ4n) is 3.12. The van der Waals surface area contributed by atoms with Gasteiger partial charge in [-0.1, -0.05) is 30.3 Å². The largest absolute Gasteiger partial charge is 0.493 e. The van der Waals surface area contributed by atoms with Gasteiger partial charge >= 0.3 is 0 Å². The van der Waals surface area contributed by atoms with Crippen LogP contribution in [0, 0.1) is 0 Å². The third-order valence-electron chi connectivity index (χ3n) is 4.70. The summed E-state index contributed by atoms with van der Waals surface area (Å²) in [4.78, 5) is 31.0. The van der Waals surface area contributed by atoms with Gasteiger partial charge in [0.25, 0.3) is 11.5 Å². The third kappa shape index (κ3) is 4.52. The predicted molar refractivity (Wildman–Crippen MR) is 125 cm³/mol. The fourth-order valence-corrected chi connectivity index (χ4v) is 4.11. The summed E-state index contributed by atoms with van der Waals surface area (Å²) in [7, 11) is 3.10. The van der Waals surface area contributed by atoms with E-state index in [-0.39, 0.29) is 12.1 Å². The minimum atomic E-state index is -0.441. The van der Waals surface area contributed by atoms with Crippen molar-refractivity contribution in [1.29, 1.82) is 0 Å². The molecule has 2 heterocycles. The highest BCUT2D eigenvalue weighted by molar-refractivity contribution is 7.21. The van der Waals surface area contributed by atoms with Crippen molar-refractivity contribution in [3.63, 3.8) is 0 Å². The molecule has 0 aliphatic rings. The van der Waals surface area contributed by atoms with Crippen molar-refractivity contribution < 1.29 is 14.3 Å². The van der Waals surface area contributed by atoms with Crippen LogP contribution in [0.3, 0.4) is 0 Å². The van der Waals surface area contributed by atoms with Crippen LogP contribution in [-0.2, 0) is 11.3 Å². The van der Waals surface area contributed by atoms with E-state index >= 15 is 0 Å². The van der Waals surface area contributed by atoms with Gasteiger partial charge in [-0.25, -0.2) is 10.4 Å². The van der Waals surface area contributed by atoms with Crippen LogP contribution in [0.15, 0.2) is 70.8 Å². The molecule has 1 amide bonds. The van der Waals surface area contributed by atoms with Crippen molar-refractivity contribution in [3.8, 4) is 21.9 Å². The molecule has 9 heteroatoms. The minimum Gasteiger partial charge on any atom is -0.493 e. The zero-order valence-corrected chi connectivity index (χ0v) is 18.3. The highest BCUT2D eigenvalue weighted by Crippen LogP contribution is 2.30. The van der Waals surface area contributed by atoms with Crippen LogP contribution < -0.4 is 20.5 Å². The summed E-state index contributed by atoms with van der Waals surface area (Å²) in [6.07, 6.45) is 2.86. The third-order valence-corrected chi connectivity index (χ3v) is 5.79. The first-order valence-electron chi connectivity index (χ1n) is 9.67. The molecule has 1 N–H and O–H groups in total. The van der Waals surface area contributed by atoms with Crippen LogP contribution in [-0.4, -0.2) is 35.9 Å². The Kier molecular flexibility index (Phi) is 6.27. The summed E-state index contributed by atoms with van der Waals surface area (Å²) in [6, 6.07) is 16.9. The molecule has 0 aliphatic heterocycles. The lowest BCUT2D eigenvalue weighted by molar-refractivity contribution is -0.121. The number of rotatable bonds is 7. The zero-order valence-electron chi connectivity index (χ0n) is 17.4. The maximum Gasteiger partial charge on any atom is 0.262 e. The Morgan fingerprint density at radius 2 is 1.91 bits per heavy atom. The second-order valence-corrected chi connectivity index (χ2v) is 7.81. The van der Waals surface area contributed by atoms with Crippen molar-refractivity contribution in [2.45, 2.75) is 6.54 Å². The maximum atomic E-state index is 12.8. The van der Waals surface area contributed by atoms with E-state index in [2.05, 4.69) is 15.5 Å². The van der Waals surface area contributed by atoms with E-state index in [0.717, 1.165) is 16.0 Å². The Morgan fingerprint density at radius 1 is 1.12 bits per heavy atom. The standard InChI is InChI=1S/C23H20N4O4S/c1-30-18-9-8-15(10-19(18)31-2)12-25-26-21(28)13-27-14-24-22-17(23(27)29)11-20(32-22)16-6-4-3-5-7-16/h3-12,14H,13H2,1-2H3,(H,26,28)/b25-12+. The van der Waals surface area contributed by atoms with Crippen LogP contribution in [0.2, 0.25) is 0 Å². The zero-order chi connectivity index (χ0) is 22.5. The van der Waals surface area contributed by atoms with Crippen molar-refractivity contribution in [1.82, 2.24) is 15.0 Å². The molecular formula is C23H20N4O4S. The number of methoxy groups -OCH3 is 2. The number of benzene rings is 2. The van der Waals surface area contributed by atoms with Gasteiger partial charge in [-0.15, -0.1) is 11.3 Å². The first-order valence-corrected chi connectivity index (χ1v) is 10.5. The van der Waals surface area contributed by atoms with Gasteiger partial charge in [0.05, 0.1) is 32.1 Å². The van der Waals surface area contributed by atoms with E-state index < -0.39 is 5.91 Å². The molecule has 2 aromatic carbocycles. The summed E-state index contributed by atoms with van der Waals surface area (Å²) in [6.45, 7) is -0.193. The lowest BCUT2D eigenvalue weighted by Gasteiger charge is -2.07. The molecule has 4 rings (SSSR count). The quantitative estimate of drug-likeness (QED) is 0.346. The molecule has 0 fully saturated rings. The first kappa shape index (κ1) is 21.3. The average Bonchev–Trinajstić information content (AvgIpc) is 3.27. The smallest absolute Gasteiger partial charge is 0.262 e. The van der Waals surface area contributed by atoms with E-state index in [0.29, 0.717) is 21.7 Å². The van der Waals surface area contributed by atoms with E-state index in [1.807, 2.05) is 36.4 Å². The van der Waals surface area contributed by atoms with Gasteiger partial charge in [-0.05, 0) is 35.4 Å². The molecule has 162 valence electrons. The van der Waals surface area contributed by atoms with E-state index in [4.69, 9.17) is 9.47 Å². The van der Waals surface area contributed by atoms with E-state index in [1.54, 1.807) is 32.4 Å². The van der Waals surface area contributed by atoms with Gasteiger partial charge in [-0.2, -0.15) is 5.10 Å². The van der Waals surface area contributed by atoms with Crippen molar-refractivity contribution in [2.75, 3.05) is 14.2 Å². The first-order chi connectivity index (χ1) is 15.6. The van der Waals surface area contributed by atoms with Crippen LogP contribution in [0.1, 0.15) is 5.56 Å². The number of ether oxygens (including phenoxy) is 2. The van der Waals surface area contributed by atoms with Crippen LogP contribution in [0.5, 0.6) is 11.5 Å². The van der Waals surface area contributed by atoms with Gasteiger partial charge in [-0.3, -0.25) is 14.2 Å². The summed E-state index contributed by atoms with van der Waals surface area (Å²) in [5.41, 5.74) is 3.89. The number of fused-ring (bicyclic) bond motifs is 1. The van der Waals surface area contributed by atoms with Gasteiger partial charge in [0.15, 0.2) is 11.5 Å². The number of aromatic nitrogens is 2. The molecule has 0 atom stereocenters. The van der Waals surface area contributed by atoms with Crippen molar-refractivity contribution in [2.24, 2.45) is 5.10 Å². The average molecular weight is 449 g/mol. The Morgan fingerprint density at radius 3 is 2.66 bits per heavy atom. The molecule has 2 aromatic heterocycles. The highest BCUT2D eigenvalue weighted by atomic mass is 32.1. The number of amides is 1. The Labute approximate surface area is 187 Å². The molecule has 8 nitrogen and oxygen atoms in total. The van der Waals surface area contributed by atoms with Crippen LogP contribution >= 0.6 is 11.3 Å². The van der Waals surface area contributed by atoms with Crippen molar-refractivity contribution in [3.05, 3.63) is 76.8 Å². The van der Waals surface area contributed by atoms with Gasteiger partial charge < -0.3 is 9.47 Å². The topological polar surface area (TPSA) is 94.8 Å². The number of hydrogen-bond donors (Lipinski definition) is 1. The lowest BCUT2D eigenvalue weighted by atomic mass is 10.2. The van der Waals surface area contributed by atoms with E-state index in [1.165, 1.54) is 28.4 Å². The molecule has 0 saturated carbocycles. The van der Waals surface area contributed by atoms with Crippen molar-refractivity contribution >= 4 is 33.7 Å². The monoisotopic (exact) mass is 448 g/mol. The highest BCUT2D eigenvalue weighted by Gasteiger charge is 2.12. The van der Waals surface area contributed by atoms with Crippen LogP contribution in [0.4, 0.5) is 0 Å². The number of thiophene rings is 1. The number of nitrogens with zero attached hydrogens (tertiary/aromatic N) is 3. The minimum absolute atomic E-state index is 0.193. The second-order valence-electron chi connectivity index (χ2n) is 6.78. The molecule has 4 aromatic rings. The summed E-state index contributed by atoms with van der Waals surface area (Å²) in [5, 5.41) is 4.43. The summed E-state index contributed by atoms with van der Waals surface area (Å²) >= 11 is 1.44. The van der Waals surface area contributed by atoms with Gasteiger partial charge in [0, 0.05) is 4.88 Å². The molecule has 0 spiro atoms. The molecule has 0 bridgehead atoms. The molecule has 0 aliphatic carbocycles. The molecule has 0 saturated heterocycles. The summed E-state index contributed by atoms with van der Waals surface area (Å²) < 4.78 is 11.7. The van der Waals surface area contributed by atoms with Gasteiger partial charge in [0.2, 0.25) is 0 Å². The predicted octanol–water partition coefficient (Wildman–Crippen LogP) is 3.29. The Hall–Kier alpha value is -3.98. The normalized spacial score (nSPS) is 11.1. The second kappa shape index (κ2) is 9.44. The molecule has 32 heavy (non-hydrogen) atoms. The number of nitrogens with one attached hydrogen (secondary N) is 1. The molecule has 0 unspecified atom stereocenters. The van der Waals surface area contributed by atoms with E-state index in [9.17, 15) is 9.59 Å². The SMILES string of the molecule is COc1ccc(/C=N/NC(=O)Cn2cnc3sc(-c4ccccc4)cc3c2=O)cc1OC. The molecule has 0 radical (unpaired) electrons. The fraction of sp³-hybridized carbons (Fsp3) is 0.130. The number of hydrogen-bond acceptors (Lipinski definition) is 7. The Balaban J connectivity index is 1.46. The number of carbonyl (C=O) groups excluding carboxylic acids is 1. The summed E-state index contributed by atoms with van der Waals surface area (Å²) in [5.74, 6) is 0.711. The Bertz CT molecular complexity index is 1350. The lowest BCUT2D eigenvalue weighted by Crippen LogP contribution is -2.29. The van der Waals surface area contributed by atoms with Gasteiger partial charge in [0.1, 0.15) is 11.4 Å². The maximum absolute atomic E-state index is 12.8.